The van der Waals surface area contributed by atoms with Gasteiger partial charge in [-0.15, -0.1) is 12.4 Å². The van der Waals surface area contributed by atoms with E-state index in [1.165, 1.54) is 12.3 Å². The average Bonchev–Trinajstić information content (AvgIpc) is 2.94. The molecule has 1 aliphatic heterocycles. The molecular formula is C11H17ClN4O3. The summed E-state index contributed by atoms with van der Waals surface area (Å²) in [5.74, 6) is 0.112. The maximum atomic E-state index is 12.2. The third kappa shape index (κ3) is 3.05. The second-order valence-corrected chi connectivity index (χ2v) is 4.67. The lowest BCUT2D eigenvalue weighted by Gasteiger charge is -2.20. The van der Waals surface area contributed by atoms with Crippen molar-refractivity contribution in [2.24, 2.45) is 11.7 Å². The lowest BCUT2D eigenvalue weighted by molar-refractivity contribution is -0.384. The zero-order valence-electron chi connectivity index (χ0n) is 10.5. The van der Waals surface area contributed by atoms with E-state index >= 15 is 0 Å². The molecule has 1 saturated heterocycles. The third-order valence-electron chi connectivity index (χ3n) is 3.36. The van der Waals surface area contributed by atoms with E-state index in [0.717, 1.165) is 6.42 Å². The number of aromatic nitrogens is 1. The zero-order chi connectivity index (χ0) is 13.3. The molecule has 0 aromatic carbocycles. The Balaban J connectivity index is 0.00000180. The fourth-order valence-electron chi connectivity index (χ4n) is 2.36. The molecule has 19 heavy (non-hydrogen) atoms. The minimum absolute atomic E-state index is 0. The Bertz CT molecular complexity index is 476. The van der Waals surface area contributed by atoms with E-state index in [1.54, 1.807) is 4.90 Å². The van der Waals surface area contributed by atoms with Crippen LogP contribution in [0.15, 0.2) is 12.3 Å². The minimum Gasteiger partial charge on any atom is -0.351 e. The number of carbonyl (C=O) groups excluding carboxylic acids is 1. The first-order chi connectivity index (χ1) is 8.52. The molecule has 7 nitrogen and oxygen atoms in total. The highest BCUT2D eigenvalue weighted by Crippen LogP contribution is 2.24. The number of nitro groups is 1. The minimum atomic E-state index is -0.524. The first kappa shape index (κ1) is 15.5. The summed E-state index contributed by atoms with van der Waals surface area (Å²) in [5.41, 5.74) is 5.76. The van der Waals surface area contributed by atoms with E-state index in [9.17, 15) is 14.9 Å². The number of nitrogens with zero attached hydrogens (tertiary/aromatic N) is 2. The maximum Gasteiger partial charge on any atom is 0.287 e. The van der Waals surface area contributed by atoms with Crippen LogP contribution in [0.5, 0.6) is 0 Å². The topological polar surface area (TPSA) is 105 Å². The molecule has 2 heterocycles. The summed E-state index contributed by atoms with van der Waals surface area (Å²) < 4.78 is 0. The van der Waals surface area contributed by atoms with Crippen molar-refractivity contribution in [2.75, 3.05) is 13.1 Å². The van der Waals surface area contributed by atoms with Crippen LogP contribution >= 0.6 is 12.4 Å². The van der Waals surface area contributed by atoms with Gasteiger partial charge < -0.3 is 15.6 Å². The van der Waals surface area contributed by atoms with Crippen LogP contribution < -0.4 is 5.73 Å². The lowest BCUT2D eigenvalue weighted by atomic mass is 10.1. The van der Waals surface area contributed by atoms with Gasteiger partial charge in [-0.25, -0.2) is 0 Å². The Morgan fingerprint density at radius 3 is 2.84 bits per heavy atom. The number of carbonyl (C=O) groups is 1. The molecular weight excluding hydrogens is 272 g/mol. The van der Waals surface area contributed by atoms with Crippen LogP contribution in [0.4, 0.5) is 5.69 Å². The number of rotatable bonds is 3. The highest BCUT2D eigenvalue weighted by molar-refractivity contribution is 5.93. The Kier molecular flexibility index (Phi) is 4.90. The highest BCUT2D eigenvalue weighted by atomic mass is 35.5. The number of halogens is 1. The molecule has 106 valence electrons. The monoisotopic (exact) mass is 288 g/mol. The van der Waals surface area contributed by atoms with E-state index in [2.05, 4.69) is 4.98 Å². The van der Waals surface area contributed by atoms with E-state index in [0.29, 0.717) is 19.0 Å². The van der Waals surface area contributed by atoms with Crippen molar-refractivity contribution in [1.82, 2.24) is 9.88 Å². The molecule has 0 radical (unpaired) electrons. The summed E-state index contributed by atoms with van der Waals surface area (Å²) in [6.07, 6.45) is 2.11. The number of hydrogen-bond donors (Lipinski definition) is 2. The third-order valence-corrected chi connectivity index (χ3v) is 3.36. The highest BCUT2D eigenvalue weighted by Gasteiger charge is 2.33. The van der Waals surface area contributed by atoms with Gasteiger partial charge in [-0.1, -0.05) is 0 Å². The fraction of sp³-hybridized carbons (Fsp3) is 0.545. The Morgan fingerprint density at radius 2 is 2.37 bits per heavy atom. The summed E-state index contributed by atoms with van der Waals surface area (Å²) in [7, 11) is 0. The molecule has 8 heteroatoms. The molecule has 2 atom stereocenters. The second-order valence-electron chi connectivity index (χ2n) is 4.67. The molecule has 1 aromatic rings. The van der Waals surface area contributed by atoms with Gasteiger partial charge in [0, 0.05) is 18.7 Å². The van der Waals surface area contributed by atoms with Crippen molar-refractivity contribution in [1.29, 1.82) is 0 Å². The Morgan fingerprint density at radius 1 is 1.68 bits per heavy atom. The molecule has 0 aliphatic carbocycles. The summed E-state index contributed by atoms with van der Waals surface area (Å²) in [6, 6.07) is 1.39. The van der Waals surface area contributed by atoms with Gasteiger partial charge in [0.2, 0.25) is 0 Å². The average molecular weight is 289 g/mol. The Hall–Kier alpha value is -1.60. The van der Waals surface area contributed by atoms with Crippen LogP contribution in [0.1, 0.15) is 23.8 Å². The van der Waals surface area contributed by atoms with Crippen LogP contribution in [0.3, 0.4) is 0 Å². The Labute approximate surface area is 116 Å². The molecule has 1 fully saturated rings. The normalized spacial score (nSPS) is 22.1. The molecule has 2 rings (SSSR count). The largest absolute Gasteiger partial charge is 0.351 e. The second kappa shape index (κ2) is 6.03. The summed E-state index contributed by atoms with van der Waals surface area (Å²) in [6.45, 7) is 3.13. The maximum absolute atomic E-state index is 12.2. The van der Waals surface area contributed by atoms with E-state index in [1.807, 2.05) is 6.92 Å². The van der Waals surface area contributed by atoms with Gasteiger partial charge in [-0.05, 0) is 25.8 Å². The first-order valence-electron chi connectivity index (χ1n) is 5.86. The van der Waals surface area contributed by atoms with Gasteiger partial charge in [0.25, 0.3) is 11.6 Å². The summed E-state index contributed by atoms with van der Waals surface area (Å²) in [4.78, 5) is 26.6. The fourth-order valence-corrected chi connectivity index (χ4v) is 2.36. The van der Waals surface area contributed by atoms with Crippen LogP contribution in [0, 0.1) is 16.0 Å². The van der Waals surface area contributed by atoms with E-state index < -0.39 is 4.92 Å². The number of hydrogen-bond acceptors (Lipinski definition) is 4. The summed E-state index contributed by atoms with van der Waals surface area (Å²) in [5, 5.41) is 10.6. The van der Waals surface area contributed by atoms with Crippen molar-refractivity contribution >= 4 is 24.0 Å². The molecule has 1 aliphatic rings. The first-order valence-corrected chi connectivity index (χ1v) is 5.86. The number of nitrogens with two attached hydrogens (primary N) is 1. The van der Waals surface area contributed by atoms with Gasteiger partial charge in [-0.3, -0.25) is 14.9 Å². The van der Waals surface area contributed by atoms with Gasteiger partial charge >= 0.3 is 0 Å². The van der Waals surface area contributed by atoms with Crippen LogP contribution in [0.25, 0.3) is 0 Å². The summed E-state index contributed by atoms with van der Waals surface area (Å²) >= 11 is 0. The van der Waals surface area contributed by atoms with Crippen molar-refractivity contribution < 1.29 is 9.72 Å². The number of nitrogens with one attached hydrogen (secondary N) is 1. The standard InChI is InChI=1S/C11H16N4O3.ClH/c1-7-2-8(4-12)6-14(7)11(16)10-3-9(5-13-10)15(17)18;/h3,5,7-8,13H,2,4,6,12H2,1H3;1H. The molecule has 0 saturated carbocycles. The van der Waals surface area contributed by atoms with Crippen LogP contribution in [-0.2, 0) is 0 Å². The lowest BCUT2D eigenvalue weighted by Crippen LogP contribution is -2.34. The molecule has 1 amide bonds. The predicted octanol–water partition coefficient (Wildman–Crippen LogP) is 1.15. The van der Waals surface area contributed by atoms with Gasteiger partial charge in [0.1, 0.15) is 5.69 Å². The number of aromatic amines is 1. The van der Waals surface area contributed by atoms with Gasteiger partial charge in [0.05, 0.1) is 11.1 Å². The predicted molar refractivity (Wildman–Crippen MR) is 72.4 cm³/mol. The molecule has 2 unspecified atom stereocenters. The van der Waals surface area contributed by atoms with E-state index in [-0.39, 0.29) is 35.7 Å². The molecule has 0 bridgehead atoms. The number of H-pyrrole nitrogens is 1. The van der Waals surface area contributed by atoms with Crippen LogP contribution in [-0.4, -0.2) is 39.8 Å². The van der Waals surface area contributed by atoms with Gasteiger partial charge in [-0.2, -0.15) is 0 Å². The van der Waals surface area contributed by atoms with Crippen molar-refractivity contribution in [3.63, 3.8) is 0 Å². The van der Waals surface area contributed by atoms with Crippen molar-refractivity contribution in [2.45, 2.75) is 19.4 Å². The number of amides is 1. The zero-order valence-corrected chi connectivity index (χ0v) is 11.4. The van der Waals surface area contributed by atoms with E-state index in [4.69, 9.17) is 5.73 Å². The van der Waals surface area contributed by atoms with Crippen molar-refractivity contribution in [3.8, 4) is 0 Å². The molecule has 1 aromatic heterocycles. The number of likely N-dealkylation sites (tertiary alicyclic amines) is 1. The molecule has 3 N–H and O–H groups in total. The van der Waals surface area contributed by atoms with Gasteiger partial charge in [0.15, 0.2) is 0 Å². The van der Waals surface area contributed by atoms with Crippen LogP contribution in [0.2, 0.25) is 0 Å². The SMILES string of the molecule is CC1CC(CN)CN1C(=O)c1cc([N+](=O)[O-])c[nH]1.Cl. The van der Waals surface area contributed by atoms with Crippen molar-refractivity contribution in [3.05, 3.63) is 28.1 Å². The quantitative estimate of drug-likeness (QED) is 0.643. The molecule has 0 spiro atoms. The smallest absolute Gasteiger partial charge is 0.287 e.